The largest absolute Gasteiger partial charge is 0.383 e. The van der Waals surface area contributed by atoms with Crippen molar-refractivity contribution in [3.63, 3.8) is 0 Å². The van der Waals surface area contributed by atoms with Crippen molar-refractivity contribution in [3.05, 3.63) is 53.3 Å². The Hall–Kier alpha value is -2.40. The predicted octanol–water partition coefficient (Wildman–Crippen LogP) is 2.98. The van der Waals surface area contributed by atoms with Crippen molar-refractivity contribution in [2.45, 2.75) is 0 Å². The molecule has 0 bridgehead atoms. The molecule has 0 unspecified atom stereocenters. The second-order valence-electron chi connectivity index (χ2n) is 4.83. The van der Waals surface area contributed by atoms with Crippen LogP contribution in [0.4, 0.5) is 0 Å². The highest BCUT2D eigenvalue weighted by Gasteiger charge is 2.12. The van der Waals surface area contributed by atoms with Crippen LogP contribution in [0.5, 0.6) is 0 Å². The minimum atomic E-state index is 0.401. The van der Waals surface area contributed by atoms with Gasteiger partial charge in [-0.3, -0.25) is 0 Å². The van der Waals surface area contributed by atoms with E-state index in [1.165, 1.54) is 0 Å². The fourth-order valence-corrected chi connectivity index (χ4v) is 2.18. The number of hydrogen-bond donors (Lipinski definition) is 0. The predicted molar refractivity (Wildman–Crippen MR) is 83.9 cm³/mol. The minimum absolute atomic E-state index is 0.401. The average molecular weight is 300 g/mol. The highest BCUT2D eigenvalue weighted by molar-refractivity contribution is 6.29. The zero-order valence-electron chi connectivity index (χ0n) is 11.7. The number of fused-ring (bicyclic) bond motifs is 1. The Morgan fingerprint density at radius 1 is 1.14 bits per heavy atom. The SMILES string of the molecule is CN(C)/C=C/c1cc(Cl)nn2c(-c3ccccc3)nnc12. The van der Waals surface area contributed by atoms with E-state index in [1.54, 1.807) is 10.6 Å². The summed E-state index contributed by atoms with van der Waals surface area (Å²) >= 11 is 6.12. The smallest absolute Gasteiger partial charge is 0.185 e. The first kappa shape index (κ1) is 13.6. The van der Waals surface area contributed by atoms with E-state index in [2.05, 4.69) is 15.3 Å². The molecule has 5 nitrogen and oxygen atoms in total. The summed E-state index contributed by atoms with van der Waals surface area (Å²) < 4.78 is 1.67. The summed E-state index contributed by atoms with van der Waals surface area (Å²) in [6, 6.07) is 11.6. The van der Waals surface area contributed by atoms with Crippen LogP contribution in [-0.4, -0.2) is 38.8 Å². The molecule has 0 aliphatic heterocycles. The van der Waals surface area contributed by atoms with Gasteiger partial charge in [0.25, 0.3) is 0 Å². The van der Waals surface area contributed by atoms with Crippen molar-refractivity contribution < 1.29 is 0 Å². The fraction of sp³-hybridized carbons (Fsp3) is 0.133. The van der Waals surface area contributed by atoms with Gasteiger partial charge in [0.05, 0.1) is 0 Å². The summed E-state index contributed by atoms with van der Waals surface area (Å²) in [4.78, 5) is 1.94. The van der Waals surface area contributed by atoms with E-state index in [-0.39, 0.29) is 0 Å². The van der Waals surface area contributed by atoms with Crippen LogP contribution in [0.3, 0.4) is 0 Å². The second-order valence-corrected chi connectivity index (χ2v) is 5.21. The fourth-order valence-electron chi connectivity index (χ4n) is 1.99. The highest BCUT2D eigenvalue weighted by atomic mass is 35.5. The molecule has 0 atom stereocenters. The number of hydrogen-bond acceptors (Lipinski definition) is 4. The molecular weight excluding hydrogens is 286 g/mol. The van der Waals surface area contributed by atoms with Gasteiger partial charge in [0.15, 0.2) is 16.6 Å². The van der Waals surface area contributed by atoms with Crippen molar-refractivity contribution in [3.8, 4) is 11.4 Å². The lowest BCUT2D eigenvalue weighted by Crippen LogP contribution is -2.01. The lowest BCUT2D eigenvalue weighted by atomic mass is 10.2. The van der Waals surface area contributed by atoms with Gasteiger partial charge in [-0.2, -0.15) is 9.61 Å². The van der Waals surface area contributed by atoms with Gasteiger partial charge in [-0.1, -0.05) is 41.9 Å². The van der Waals surface area contributed by atoms with E-state index in [9.17, 15) is 0 Å². The monoisotopic (exact) mass is 299 g/mol. The van der Waals surface area contributed by atoms with E-state index in [1.807, 2.05) is 61.6 Å². The molecule has 0 fully saturated rings. The molecule has 106 valence electrons. The van der Waals surface area contributed by atoms with Gasteiger partial charge in [-0.05, 0) is 18.3 Å². The second kappa shape index (κ2) is 5.54. The standard InChI is InChI=1S/C15H14ClN5/c1-20(2)9-8-12-10-13(16)19-21-14(17-18-15(12)21)11-6-4-3-5-7-11/h3-10H,1-2H3/b9-8+. The summed E-state index contributed by atoms with van der Waals surface area (Å²) in [5.41, 5.74) is 2.50. The molecule has 0 saturated carbocycles. The first-order valence-electron chi connectivity index (χ1n) is 6.47. The molecule has 2 aromatic heterocycles. The Morgan fingerprint density at radius 3 is 2.62 bits per heavy atom. The molecular formula is C15H14ClN5. The Bertz CT molecular complexity index is 792. The van der Waals surface area contributed by atoms with Crippen LogP contribution >= 0.6 is 11.6 Å². The zero-order valence-corrected chi connectivity index (χ0v) is 12.5. The number of rotatable bonds is 3. The van der Waals surface area contributed by atoms with Crippen molar-refractivity contribution in [2.75, 3.05) is 14.1 Å². The topological polar surface area (TPSA) is 46.3 Å². The van der Waals surface area contributed by atoms with Gasteiger partial charge >= 0.3 is 0 Å². The number of halogens is 1. The van der Waals surface area contributed by atoms with Crippen LogP contribution in [0.15, 0.2) is 42.6 Å². The maximum atomic E-state index is 6.12. The molecule has 1 aromatic carbocycles. The van der Waals surface area contributed by atoms with Gasteiger partial charge < -0.3 is 4.90 Å². The third-order valence-electron chi connectivity index (χ3n) is 2.95. The molecule has 2 heterocycles. The molecule has 3 aromatic rings. The molecule has 21 heavy (non-hydrogen) atoms. The van der Waals surface area contributed by atoms with Gasteiger partial charge in [0, 0.05) is 25.2 Å². The van der Waals surface area contributed by atoms with Crippen LogP contribution in [0.25, 0.3) is 23.1 Å². The lowest BCUT2D eigenvalue weighted by molar-refractivity contribution is 0.567. The van der Waals surface area contributed by atoms with Crippen LogP contribution in [0.2, 0.25) is 5.15 Å². The van der Waals surface area contributed by atoms with Crippen LogP contribution in [0.1, 0.15) is 5.56 Å². The lowest BCUT2D eigenvalue weighted by Gasteiger charge is -2.04. The zero-order chi connectivity index (χ0) is 14.8. The van der Waals surface area contributed by atoms with Gasteiger partial charge in [0.1, 0.15) is 0 Å². The summed E-state index contributed by atoms with van der Waals surface area (Å²) in [5.74, 6) is 0.674. The van der Waals surface area contributed by atoms with Crippen molar-refractivity contribution >= 4 is 23.3 Å². The van der Waals surface area contributed by atoms with E-state index in [4.69, 9.17) is 11.6 Å². The van der Waals surface area contributed by atoms with Crippen molar-refractivity contribution in [2.24, 2.45) is 0 Å². The van der Waals surface area contributed by atoms with Gasteiger partial charge in [-0.25, -0.2) is 0 Å². The number of aromatic nitrogens is 4. The van der Waals surface area contributed by atoms with Crippen molar-refractivity contribution in [1.29, 1.82) is 0 Å². The molecule has 0 aliphatic rings. The average Bonchev–Trinajstić information content (AvgIpc) is 2.89. The number of nitrogens with zero attached hydrogens (tertiary/aromatic N) is 5. The first-order valence-corrected chi connectivity index (χ1v) is 6.85. The molecule has 0 saturated heterocycles. The maximum absolute atomic E-state index is 6.12. The minimum Gasteiger partial charge on any atom is -0.383 e. The number of benzene rings is 1. The van der Waals surface area contributed by atoms with Crippen LogP contribution < -0.4 is 0 Å². The normalized spacial score (nSPS) is 11.4. The molecule has 0 radical (unpaired) electrons. The molecule has 6 heteroatoms. The van der Waals surface area contributed by atoms with E-state index < -0.39 is 0 Å². The van der Waals surface area contributed by atoms with E-state index >= 15 is 0 Å². The maximum Gasteiger partial charge on any atom is 0.185 e. The Balaban J connectivity index is 2.19. The van der Waals surface area contributed by atoms with Gasteiger partial charge in [-0.15, -0.1) is 10.2 Å². The highest BCUT2D eigenvalue weighted by Crippen LogP contribution is 2.21. The van der Waals surface area contributed by atoms with Crippen LogP contribution in [-0.2, 0) is 0 Å². The Labute approximate surface area is 127 Å². The summed E-state index contributed by atoms with van der Waals surface area (Å²) in [6.45, 7) is 0. The van der Waals surface area contributed by atoms with Crippen LogP contribution in [0, 0.1) is 0 Å². The van der Waals surface area contributed by atoms with E-state index in [0.29, 0.717) is 16.6 Å². The third-order valence-corrected chi connectivity index (χ3v) is 3.14. The molecule has 0 N–H and O–H groups in total. The Kier molecular flexibility index (Phi) is 3.58. The summed E-state index contributed by atoms with van der Waals surface area (Å²) in [7, 11) is 3.91. The summed E-state index contributed by atoms with van der Waals surface area (Å²) in [6.07, 6.45) is 3.87. The first-order chi connectivity index (χ1) is 10.1. The molecule has 3 rings (SSSR count). The molecule has 0 amide bonds. The van der Waals surface area contributed by atoms with Gasteiger partial charge in [0.2, 0.25) is 0 Å². The van der Waals surface area contributed by atoms with Crippen molar-refractivity contribution in [1.82, 2.24) is 24.7 Å². The van der Waals surface area contributed by atoms with E-state index in [0.717, 1.165) is 11.1 Å². The quantitative estimate of drug-likeness (QED) is 0.746. The molecule has 0 spiro atoms. The third kappa shape index (κ3) is 2.73. The Morgan fingerprint density at radius 2 is 1.90 bits per heavy atom. The molecule has 0 aliphatic carbocycles. The summed E-state index contributed by atoms with van der Waals surface area (Å²) in [5, 5.41) is 13.2.